The molecule has 4 N–H and O–H groups in total. The molecular formula is C22H18N2O7. The SMILES string of the molecule is O=C1[C@@H](O)[C@H](O)[C@@H](CO)O[C@@H]1C#Cc1cc(-c2ccc3c(c2)OCO3)cc2cn[nH]c12. The van der Waals surface area contributed by atoms with Crippen LogP contribution < -0.4 is 9.47 Å². The number of hydrogen-bond acceptors (Lipinski definition) is 8. The fourth-order valence-corrected chi connectivity index (χ4v) is 3.65. The summed E-state index contributed by atoms with van der Waals surface area (Å²) in [6.45, 7) is -0.366. The van der Waals surface area contributed by atoms with Crippen LogP contribution in [0.2, 0.25) is 0 Å². The summed E-state index contributed by atoms with van der Waals surface area (Å²) in [5.74, 6) is 6.21. The Bertz CT molecular complexity index is 1230. The van der Waals surface area contributed by atoms with Crippen LogP contribution in [0.1, 0.15) is 5.56 Å². The van der Waals surface area contributed by atoms with E-state index in [2.05, 4.69) is 22.0 Å². The van der Waals surface area contributed by atoms with E-state index in [1.54, 1.807) is 6.20 Å². The lowest BCUT2D eigenvalue weighted by Crippen LogP contribution is -2.55. The molecule has 5 rings (SSSR count). The van der Waals surface area contributed by atoms with Gasteiger partial charge in [-0.3, -0.25) is 9.89 Å². The van der Waals surface area contributed by atoms with Crippen molar-refractivity contribution >= 4 is 16.7 Å². The summed E-state index contributed by atoms with van der Waals surface area (Å²) in [7, 11) is 0. The molecule has 4 atom stereocenters. The molecule has 0 unspecified atom stereocenters. The molecule has 0 bridgehead atoms. The van der Waals surface area contributed by atoms with Gasteiger partial charge >= 0.3 is 0 Å². The highest BCUT2D eigenvalue weighted by Gasteiger charge is 2.42. The van der Waals surface area contributed by atoms with Crippen LogP contribution in [0.15, 0.2) is 36.5 Å². The van der Waals surface area contributed by atoms with Crippen molar-refractivity contribution in [2.45, 2.75) is 24.4 Å². The van der Waals surface area contributed by atoms with Crippen LogP contribution in [0.4, 0.5) is 0 Å². The lowest BCUT2D eigenvalue weighted by atomic mass is 9.96. The molecule has 3 aromatic rings. The minimum absolute atomic E-state index is 0.182. The largest absolute Gasteiger partial charge is 0.454 e. The van der Waals surface area contributed by atoms with E-state index in [0.717, 1.165) is 16.5 Å². The molecule has 0 saturated carbocycles. The second-order valence-electron chi connectivity index (χ2n) is 7.27. The van der Waals surface area contributed by atoms with Crippen LogP contribution >= 0.6 is 0 Å². The highest BCUT2D eigenvalue weighted by molar-refractivity contribution is 5.93. The number of fused-ring (bicyclic) bond motifs is 2. The van der Waals surface area contributed by atoms with E-state index in [0.29, 0.717) is 22.6 Å². The van der Waals surface area contributed by atoms with E-state index in [4.69, 9.17) is 14.2 Å². The maximum Gasteiger partial charge on any atom is 0.231 e. The first kappa shape index (κ1) is 19.5. The fraction of sp³-hybridized carbons (Fsp3) is 0.273. The van der Waals surface area contributed by atoms with Gasteiger partial charge in [0.15, 0.2) is 17.6 Å². The monoisotopic (exact) mass is 422 g/mol. The Labute approximate surface area is 176 Å². The summed E-state index contributed by atoms with van der Waals surface area (Å²) < 4.78 is 16.2. The molecule has 0 aliphatic carbocycles. The third-order valence-electron chi connectivity index (χ3n) is 5.34. The van der Waals surface area contributed by atoms with E-state index < -0.39 is 36.8 Å². The number of benzene rings is 2. The Morgan fingerprint density at radius 3 is 2.81 bits per heavy atom. The molecule has 3 heterocycles. The molecule has 31 heavy (non-hydrogen) atoms. The Morgan fingerprint density at radius 1 is 1.13 bits per heavy atom. The van der Waals surface area contributed by atoms with Gasteiger partial charge in [0, 0.05) is 5.39 Å². The summed E-state index contributed by atoms with van der Waals surface area (Å²) in [4.78, 5) is 12.3. The number of hydrogen-bond donors (Lipinski definition) is 4. The summed E-state index contributed by atoms with van der Waals surface area (Å²) in [5, 5.41) is 36.8. The number of carbonyl (C=O) groups is 1. The highest BCUT2D eigenvalue weighted by Crippen LogP contribution is 2.37. The number of nitrogens with zero attached hydrogens (tertiary/aromatic N) is 1. The Morgan fingerprint density at radius 2 is 1.97 bits per heavy atom. The van der Waals surface area contributed by atoms with Crippen molar-refractivity contribution in [1.29, 1.82) is 0 Å². The van der Waals surface area contributed by atoms with Crippen molar-refractivity contribution in [3.63, 3.8) is 0 Å². The van der Waals surface area contributed by atoms with Crippen LogP contribution in [0.3, 0.4) is 0 Å². The van der Waals surface area contributed by atoms with Crippen molar-refractivity contribution in [1.82, 2.24) is 10.2 Å². The van der Waals surface area contributed by atoms with Crippen LogP contribution in [-0.4, -0.2) is 69.1 Å². The molecule has 1 aromatic heterocycles. The van der Waals surface area contributed by atoms with Crippen molar-refractivity contribution in [2.24, 2.45) is 0 Å². The van der Waals surface area contributed by atoms with Gasteiger partial charge in [-0.15, -0.1) is 0 Å². The van der Waals surface area contributed by atoms with Crippen molar-refractivity contribution < 1.29 is 34.3 Å². The molecule has 9 nitrogen and oxygen atoms in total. The number of aromatic nitrogens is 2. The lowest BCUT2D eigenvalue weighted by molar-refractivity contribution is -0.179. The second kappa shape index (κ2) is 7.68. The predicted molar refractivity (Wildman–Crippen MR) is 107 cm³/mol. The van der Waals surface area contributed by atoms with Crippen LogP contribution in [0, 0.1) is 11.8 Å². The maximum absolute atomic E-state index is 12.3. The van der Waals surface area contributed by atoms with Gasteiger partial charge in [-0.2, -0.15) is 5.10 Å². The molecule has 0 amide bonds. The molecule has 2 aliphatic heterocycles. The molecule has 2 aliphatic rings. The number of aromatic amines is 1. The van der Waals surface area contributed by atoms with Gasteiger partial charge in [0.05, 0.1) is 23.9 Å². The molecule has 0 spiro atoms. The normalized spacial score (nSPS) is 24.8. The van der Waals surface area contributed by atoms with Gasteiger partial charge in [0.1, 0.15) is 18.3 Å². The van der Waals surface area contributed by atoms with Gasteiger partial charge < -0.3 is 29.5 Å². The molecule has 1 fully saturated rings. The molecule has 9 heteroatoms. The topological polar surface area (TPSA) is 134 Å². The summed E-state index contributed by atoms with van der Waals surface area (Å²) in [6.07, 6.45) is -3.87. The molecular weight excluding hydrogens is 404 g/mol. The number of aliphatic hydroxyl groups is 3. The minimum Gasteiger partial charge on any atom is -0.454 e. The van der Waals surface area contributed by atoms with Crippen LogP contribution in [0.25, 0.3) is 22.0 Å². The predicted octanol–water partition coefficient (Wildman–Crippen LogP) is 0.361. The first-order valence-electron chi connectivity index (χ1n) is 9.60. The van der Waals surface area contributed by atoms with Crippen LogP contribution in [-0.2, 0) is 9.53 Å². The zero-order valence-electron chi connectivity index (χ0n) is 16.1. The van der Waals surface area contributed by atoms with Gasteiger partial charge in [0.25, 0.3) is 0 Å². The standard InChI is InChI=1S/C22H18N2O7/c25-9-18-21(27)22(28)20(26)16(31-18)4-2-12-5-13(6-14-8-23-24-19(12)14)11-1-3-15-17(7-11)30-10-29-15/h1,3,5-8,16,18,21-22,25,27-28H,9-10H2,(H,23,24)/t16-,18-,21-,22-/m1/s1. The number of Topliss-reactive ketones (excluding diaryl/α,β-unsaturated/α-hetero) is 1. The van der Waals surface area contributed by atoms with Gasteiger partial charge in [-0.25, -0.2) is 0 Å². The molecule has 0 radical (unpaired) electrons. The molecule has 158 valence electrons. The Balaban J connectivity index is 1.53. The number of nitrogens with one attached hydrogen (secondary N) is 1. The van der Waals surface area contributed by atoms with E-state index in [1.165, 1.54) is 0 Å². The summed E-state index contributed by atoms with van der Waals surface area (Å²) >= 11 is 0. The first-order valence-corrected chi connectivity index (χ1v) is 9.60. The number of carbonyl (C=O) groups excluding carboxylic acids is 1. The number of aliphatic hydroxyl groups excluding tert-OH is 3. The van der Waals surface area contributed by atoms with Gasteiger partial charge in [-0.05, 0) is 35.4 Å². The van der Waals surface area contributed by atoms with Gasteiger partial charge in [-0.1, -0.05) is 17.9 Å². The third kappa shape index (κ3) is 3.41. The number of H-pyrrole nitrogens is 1. The lowest BCUT2D eigenvalue weighted by Gasteiger charge is -2.32. The van der Waals surface area contributed by atoms with E-state index in [-0.39, 0.29) is 6.79 Å². The van der Waals surface area contributed by atoms with Gasteiger partial charge in [0.2, 0.25) is 12.6 Å². The number of ether oxygens (including phenoxy) is 3. The first-order chi connectivity index (χ1) is 15.0. The average Bonchev–Trinajstić information content (AvgIpc) is 3.45. The van der Waals surface area contributed by atoms with Crippen molar-refractivity contribution in [3.8, 4) is 34.5 Å². The van der Waals surface area contributed by atoms with E-state index >= 15 is 0 Å². The maximum atomic E-state index is 12.3. The summed E-state index contributed by atoms with van der Waals surface area (Å²) in [6, 6.07) is 9.40. The highest BCUT2D eigenvalue weighted by atomic mass is 16.7. The summed E-state index contributed by atoms with van der Waals surface area (Å²) in [5.41, 5.74) is 3.00. The molecule has 2 aromatic carbocycles. The number of rotatable bonds is 2. The zero-order valence-corrected chi connectivity index (χ0v) is 16.1. The molecule has 1 saturated heterocycles. The second-order valence-corrected chi connectivity index (χ2v) is 7.27. The van der Waals surface area contributed by atoms with Crippen LogP contribution in [0.5, 0.6) is 11.5 Å². The fourth-order valence-electron chi connectivity index (χ4n) is 3.65. The number of ketones is 1. The smallest absolute Gasteiger partial charge is 0.231 e. The third-order valence-corrected chi connectivity index (χ3v) is 5.34. The quantitative estimate of drug-likeness (QED) is 0.435. The Kier molecular flexibility index (Phi) is 4.84. The average molecular weight is 422 g/mol. The minimum atomic E-state index is -1.67. The van der Waals surface area contributed by atoms with E-state index in [9.17, 15) is 20.1 Å². The van der Waals surface area contributed by atoms with E-state index in [1.807, 2.05) is 30.3 Å². The Hall–Kier alpha value is -3.42. The zero-order chi connectivity index (χ0) is 21.5. The van der Waals surface area contributed by atoms with Crippen molar-refractivity contribution in [3.05, 3.63) is 42.1 Å². The van der Waals surface area contributed by atoms with Crippen molar-refractivity contribution in [2.75, 3.05) is 13.4 Å².